The van der Waals surface area contributed by atoms with Crippen LogP contribution in [0, 0.1) is 0 Å². The molecule has 5 aromatic rings. The average Bonchev–Trinajstić information content (AvgIpc) is 3.58. The van der Waals surface area contributed by atoms with E-state index in [9.17, 15) is 26.4 Å². The number of sulfonamides is 1. The summed E-state index contributed by atoms with van der Waals surface area (Å²) >= 11 is 25.8. The molecule has 2 aliphatic rings. The minimum absolute atomic E-state index is 0.0402. The standard InChI is InChI=1S/C59H73Cl4N5O12S2/c1-67-38-53(51-34-45(60)36-57(62)55(51)40-67)43-7-3-10-49(32-43)81(71,72)30-6-19-76-23-27-79-26-22-75-18-5-9-48(69)31-42-12-14-47(15-13-42)66-59(70)64-16-20-77-24-28-80-29-25-78-21-17-65-82(73,74)50-11-4-8-44(33-50)54-39-68(2)41-56-52(54)35-46(61)37-58(56)63/h3-4,7-8,10-15,32-37,53-54,65H,5-6,9,16-31,38-41H2,1-2H3,(H2,64,66,70). The summed E-state index contributed by atoms with van der Waals surface area (Å²) in [5.74, 6) is -0.113. The fourth-order valence-electron chi connectivity index (χ4n) is 9.77. The van der Waals surface area contributed by atoms with Gasteiger partial charge in [-0.25, -0.2) is 26.4 Å². The van der Waals surface area contributed by atoms with Crippen molar-refractivity contribution in [2.24, 2.45) is 0 Å². The van der Waals surface area contributed by atoms with Crippen LogP contribution in [0.1, 0.15) is 70.0 Å². The summed E-state index contributed by atoms with van der Waals surface area (Å²) in [6, 6.07) is 28.1. The SMILES string of the molecule is CN1Cc2c(Cl)cc(Cl)cc2C(c2cccc(S(=O)(=O)CCCOCCOCCOCCCC(=O)Cc3ccc(NC(=O)NCCOCCOCCOCCNS(=O)(=O)c4cccc(C5CN(C)Cc6c(Cl)cc(Cl)cc65)c4)cc3)c2)C1. The molecule has 2 atom stereocenters. The van der Waals surface area contributed by atoms with Crippen LogP contribution in [0.25, 0.3) is 0 Å². The van der Waals surface area contributed by atoms with Crippen molar-refractivity contribution < 1.29 is 54.8 Å². The van der Waals surface area contributed by atoms with Gasteiger partial charge in [0.25, 0.3) is 0 Å². The monoisotopic (exact) mass is 1250 g/mol. The molecule has 0 aliphatic carbocycles. The number of carbonyl (C=O) groups is 2. The highest BCUT2D eigenvalue weighted by molar-refractivity contribution is 7.91. The Morgan fingerprint density at radius 3 is 1.59 bits per heavy atom. The Kier molecular flexibility index (Phi) is 26.2. The highest BCUT2D eigenvalue weighted by Gasteiger charge is 2.30. The number of hydrogen-bond acceptors (Lipinski definition) is 14. The first kappa shape index (κ1) is 65.3. The molecule has 17 nitrogen and oxygen atoms in total. The van der Waals surface area contributed by atoms with Crippen molar-refractivity contribution >= 4 is 83.8 Å². The van der Waals surface area contributed by atoms with E-state index < -0.39 is 19.9 Å². The van der Waals surface area contributed by atoms with Gasteiger partial charge in [0, 0.05) is 103 Å². The van der Waals surface area contributed by atoms with Gasteiger partial charge in [-0.05, 0) is 127 Å². The van der Waals surface area contributed by atoms with Gasteiger partial charge in [-0.15, -0.1) is 0 Å². The summed E-state index contributed by atoms with van der Waals surface area (Å²) < 4.78 is 88.9. The number of ether oxygens (including phenoxy) is 6. The number of halogens is 4. The van der Waals surface area contributed by atoms with Crippen molar-refractivity contribution in [3.8, 4) is 0 Å². The van der Waals surface area contributed by atoms with Crippen LogP contribution in [0.2, 0.25) is 20.1 Å². The summed E-state index contributed by atoms with van der Waals surface area (Å²) in [6.45, 7) is 6.92. The number of sulfone groups is 1. The first-order valence-electron chi connectivity index (χ1n) is 27.3. The van der Waals surface area contributed by atoms with E-state index >= 15 is 0 Å². The van der Waals surface area contributed by atoms with Crippen molar-refractivity contribution in [2.75, 3.05) is 131 Å². The number of fused-ring (bicyclic) bond motifs is 2. The minimum atomic E-state index is -3.79. The highest BCUT2D eigenvalue weighted by Crippen LogP contribution is 2.40. The van der Waals surface area contributed by atoms with E-state index in [1.165, 1.54) is 0 Å². The number of ketones is 1. The molecule has 0 bridgehead atoms. The molecule has 0 saturated carbocycles. The van der Waals surface area contributed by atoms with Crippen LogP contribution in [-0.2, 0) is 72.6 Å². The normalized spacial score (nSPS) is 15.7. The quantitative estimate of drug-likeness (QED) is 0.0329. The summed E-state index contributed by atoms with van der Waals surface area (Å²) in [5, 5.41) is 7.81. The summed E-state index contributed by atoms with van der Waals surface area (Å²) in [7, 11) is -3.30. The predicted molar refractivity (Wildman–Crippen MR) is 320 cm³/mol. The molecule has 3 N–H and O–H groups in total. The average molecular weight is 1250 g/mol. The van der Waals surface area contributed by atoms with E-state index in [0.29, 0.717) is 124 Å². The molecule has 23 heteroatoms. The number of nitrogens with one attached hydrogen (secondary N) is 3. The number of amides is 2. The number of urea groups is 1. The van der Waals surface area contributed by atoms with E-state index in [-0.39, 0.29) is 85.1 Å². The second kappa shape index (κ2) is 32.9. The summed E-state index contributed by atoms with van der Waals surface area (Å²) in [5.41, 5.74) is 7.20. The number of rotatable bonds is 34. The Hall–Kier alpha value is -4.26. The maximum absolute atomic E-state index is 13.3. The maximum Gasteiger partial charge on any atom is 0.319 e. The molecule has 0 fully saturated rings. The van der Waals surface area contributed by atoms with Crippen molar-refractivity contribution in [3.05, 3.63) is 156 Å². The zero-order chi connectivity index (χ0) is 58.5. The molecule has 2 amide bonds. The van der Waals surface area contributed by atoms with Crippen LogP contribution in [0.3, 0.4) is 0 Å². The molecule has 2 heterocycles. The molecule has 0 saturated heterocycles. The fraction of sp³-hybridized carbons (Fsp3) is 0.458. The van der Waals surface area contributed by atoms with Gasteiger partial charge in [0.15, 0.2) is 9.84 Å². The van der Waals surface area contributed by atoms with E-state index in [1.807, 2.05) is 38.4 Å². The van der Waals surface area contributed by atoms with Crippen LogP contribution >= 0.6 is 46.4 Å². The first-order valence-corrected chi connectivity index (χ1v) is 32.0. The van der Waals surface area contributed by atoms with Gasteiger partial charge in [0.1, 0.15) is 5.78 Å². The molecular formula is C59H73Cl4N5O12S2. The van der Waals surface area contributed by atoms with Gasteiger partial charge < -0.3 is 48.9 Å². The van der Waals surface area contributed by atoms with Crippen molar-refractivity contribution in [1.82, 2.24) is 19.8 Å². The second-order valence-corrected chi connectivity index (χ2v) is 25.8. The number of Topliss-reactive ketones (excluding diaryl/α,β-unsaturated/α-hetero) is 1. The van der Waals surface area contributed by atoms with E-state index in [4.69, 9.17) is 74.8 Å². The molecule has 5 aromatic carbocycles. The van der Waals surface area contributed by atoms with E-state index in [2.05, 4.69) is 25.2 Å². The molecule has 2 unspecified atom stereocenters. The predicted octanol–water partition coefficient (Wildman–Crippen LogP) is 9.41. The third kappa shape index (κ3) is 20.5. The molecule has 0 aromatic heterocycles. The van der Waals surface area contributed by atoms with Crippen molar-refractivity contribution in [3.63, 3.8) is 0 Å². The lowest BCUT2D eigenvalue weighted by molar-refractivity contribution is -0.118. The van der Waals surface area contributed by atoms with Gasteiger partial charge >= 0.3 is 6.03 Å². The van der Waals surface area contributed by atoms with Crippen LogP contribution < -0.4 is 15.4 Å². The molecule has 446 valence electrons. The molecule has 0 radical (unpaired) electrons. The molecule has 82 heavy (non-hydrogen) atoms. The Labute approximate surface area is 502 Å². The lowest BCUT2D eigenvalue weighted by Crippen LogP contribution is -2.31. The van der Waals surface area contributed by atoms with Crippen LogP contribution in [-0.4, -0.2) is 164 Å². The molecular weight excluding hydrogens is 1180 g/mol. The van der Waals surface area contributed by atoms with E-state index in [1.54, 1.807) is 72.8 Å². The zero-order valence-electron chi connectivity index (χ0n) is 46.3. The number of carbonyl (C=O) groups excluding carboxylic acids is 2. The lowest BCUT2D eigenvalue weighted by Gasteiger charge is -2.33. The maximum atomic E-state index is 13.3. The zero-order valence-corrected chi connectivity index (χ0v) is 50.9. The molecule has 0 spiro atoms. The van der Waals surface area contributed by atoms with Gasteiger partial charge in [-0.2, -0.15) is 0 Å². The van der Waals surface area contributed by atoms with Gasteiger partial charge in [0.05, 0.1) is 81.6 Å². The number of nitrogens with zero attached hydrogens (tertiary/aromatic N) is 2. The largest absolute Gasteiger partial charge is 0.379 e. The number of likely N-dealkylation sites (N-methyl/N-ethyl adjacent to an activating group) is 2. The van der Waals surface area contributed by atoms with Crippen molar-refractivity contribution in [2.45, 2.75) is 60.4 Å². The smallest absolute Gasteiger partial charge is 0.319 e. The van der Waals surface area contributed by atoms with E-state index in [0.717, 1.165) is 38.9 Å². The Bertz CT molecular complexity index is 2920. The summed E-state index contributed by atoms with van der Waals surface area (Å²) in [4.78, 5) is 29.8. The number of benzene rings is 5. The molecule has 2 aliphatic heterocycles. The van der Waals surface area contributed by atoms with Gasteiger partial charge in [0.2, 0.25) is 10.0 Å². The topological polar surface area (TPSA) is 200 Å². The minimum Gasteiger partial charge on any atom is -0.379 e. The van der Waals surface area contributed by atoms with Gasteiger partial charge in [-0.3, -0.25) is 4.79 Å². The molecule has 7 rings (SSSR count). The third-order valence-electron chi connectivity index (χ3n) is 13.8. The van der Waals surface area contributed by atoms with Gasteiger partial charge in [-0.1, -0.05) is 82.8 Å². The summed E-state index contributed by atoms with van der Waals surface area (Å²) in [6.07, 6.45) is 1.56. The number of hydrogen-bond donors (Lipinski definition) is 3. The van der Waals surface area contributed by atoms with Crippen LogP contribution in [0.4, 0.5) is 10.5 Å². The van der Waals surface area contributed by atoms with Crippen molar-refractivity contribution in [1.29, 1.82) is 0 Å². The highest BCUT2D eigenvalue weighted by atomic mass is 35.5. The first-order chi connectivity index (χ1) is 39.5. The second-order valence-electron chi connectivity index (χ2n) is 20.2. The third-order valence-corrected chi connectivity index (χ3v) is 18.2. The van der Waals surface area contributed by atoms with Crippen LogP contribution in [0.5, 0.6) is 0 Å². The Balaban J connectivity index is 0.638. The number of anilines is 1. The fourth-order valence-corrected chi connectivity index (χ4v) is 13.3. The lowest BCUT2D eigenvalue weighted by atomic mass is 9.85. The Morgan fingerprint density at radius 1 is 0.561 bits per heavy atom. The van der Waals surface area contributed by atoms with Crippen LogP contribution in [0.15, 0.2) is 107 Å². The Morgan fingerprint density at radius 2 is 1.04 bits per heavy atom.